The molecule has 2 aromatic rings. The first-order valence-corrected chi connectivity index (χ1v) is 11.4. The topological polar surface area (TPSA) is 9.23 Å². The normalized spacial score (nSPS) is 27.0. The molecule has 2 saturated carbocycles. The van der Waals surface area contributed by atoms with Crippen LogP contribution in [0.4, 0.5) is 8.78 Å². The fraction of sp³-hybridized carbons (Fsp3) is 0.481. The van der Waals surface area contributed by atoms with E-state index in [0.29, 0.717) is 22.6 Å². The lowest BCUT2D eigenvalue weighted by atomic mass is 9.68. The van der Waals surface area contributed by atoms with Gasteiger partial charge in [0.2, 0.25) is 5.82 Å². The number of benzene rings is 2. The molecular weight excluding hydrogens is 378 g/mol. The van der Waals surface area contributed by atoms with Gasteiger partial charge in [-0.25, -0.2) is 4.39 Å². The Balaban J connectivity index is 1.45. The van der Waals surface area contributed by atoms with Crippen LogP contribution in [0.15, 0.2) is 49.6 Å². The molecule has 1 nitrogen and oxygen atoms in total. The quantitative estimate of drug-likeness (QED) is 0.439. The van der Waals surface area contributed by atoms with Gasteiger partial charge in [-0.05, 0) is 98.1 Å². The van der Waals surface area contributed by atoms with Crippen LogP contribution in [0.2, 0.25) is 0 Å². The van der Waals surface area contributed by atoms with Gasteiger partial charge in [0.25, 0.3) is 0 Å². The SMILES string of the molecule is C=CCOc1cc2ccc(C3CCC(C4CCC(C=C)CC4)CC3)cc2c(F)c1F. The maximum absolute atomic E-state index is 14.7. The number of ether oxygens (including phenoxy) is 1. The second-order valence-corrected chi connectivity index (χ2v) is 9.11. The van der Waals surface area contributed by atoms with E-state index < -0.39 is 11.6 Å². The Hall–Kier alpha value is -2.16. The molecule has 160 valence electrons. The summed E-state index contributed by atoms with van der Waals surface area (Å²) in [5, 5.41) is 1.02. The van der Waals surface area contributed by atoms with Crippen LogP contribution in [0.25, 0.3) is 10.8 Å². The number of hydrogen-bond donors (Lipinski definition) is 0. The van der Waals surface area contributed by atoms with Gasteiger partial charge in [-0.2, -0.15) is 4.39 Å². The highest BCUT2D eigenvalue weighted by molar-refractivity contribution is 5.85. The molecule has 0 amide bonds. The molecule has 0 aliphatic heterocycles. The van der Waals surface area contributed by atoms with Crippen molar-refractivity contribution in [2.75, 3.05) is 6.61 Å². The zero-order valence-electron chi connectivity index (χ0n) is 17.7. The Morgan fingerprint density at radius 3 is 2.17 bits per heavy atom. The molecule has 0 heterocycles. The minimum Gasteiger partial charge on any atom is -0.486 e. The van der Waals surface area contributed by atoms with Crippen molar-refractivity contribution in [3.8, 4) is 5.75 Å². The van der Waals surface area contributed by atoms with Crippen LogP contribution in [0.1, 0.15) is 62.8 Å². The van der Waals surface area contributed by atoms with Gasteiger partial charge in [0.05, 0.1) is 0 Å². The van der Waals surface area contributed by atoms with Gasteiger partial charge in [0, 0.05) is 5.39 Å². The predicted molar refractivity (Wildman–Crippen MR) is 120 cm³/mol. The van der Waals surface area contributed by atoms with Crippen LogP contribution in [0.5, 0.6) is 5.75 Å². The van der Waals surface area contributed by atoms with Crippen LogP contribution >= 0.6 is 0 Å². The average molecular weight is 411 g/mol. The predicted octanol–water partition coefficient (Wildman–Crippen LogP) is 7.95. The lowest BCUT2D eigenvalue weighted by molar-refractivity contribution is 0.171. The van der Waals surface area contributed by atoms with E-state index in [1.807, 2.05) is 12.1 Å². The molecule has 0 radical (unpaired) electrons. The van der Waals surface area contributed by atoms with Crippen LogP contribution in [-0.4, -0.2) is 6.61 Å². The molecule has 0 atom stereocenters. The summed E-state index contributed by atoms with van der Waals surface area (Å²) in [6.07, 6.45) is 13.7. The number of halogens is 2. The maximum Gasteiger partial charge on any atom is 0.201 e. The number of fused-ring (bicyclic) bond motifs is 1. The van der Waals surface area contributed by atoms with Gasteiger partial charge >= 0.3 is 0 Å². The van der Waals surface area contributed by atoms with Gasteiger partial charge in [-0.15, -0.1) is 6.58 Å². The van der Waals surface area contributed by atoms with E-state index in [0.717, 1.165) is 30.2 Å². The molecule has 0 spiro atoms. The van der Waals surface area contributed by atoms with Crippen LogP contribution in [-0.2, 0) is 0 Å². The average Bonchev–Trinajstić information content (AvgIpc) is 2.80. The lowest BCUT2D eigenvalue weighted by Crippen LogP contribution is -2.25. The van der Waals surface area contributed by atoms with Crippen molar-refractivity contribution in [1.29, 1.82) is 0 Å². The minimum atomic E-state index is -0.916. The molecule has 2 aromatic carbocycles. The first-order chi connectivity index (χ1) is 14.6. The van der Waals surface area contributed by atoms with Crippen molar-refractivity contribution in [3.63, 3.8) is 0 Å². The van der Waals surface area contributed by atoms with E-state index in [4.69, 9.17) is 4.74 Å². The smallest absolute Gasteiger partial charge is 0.201 e. The zero-order valence-corrected chi connectivity index (χ0v) is 17.7. The summed E-state index contributed by atoms with van der Waals surface area (Å²) >= 11 is 0. The Bertz CT molecular complexity index is 903. The molecule has 0 unspecified atom stereocenters. The molecule has 0 aromatic heterocycles. The second kappa shape index (κ2) is 9.32. The van der Waals surface area contributed by atoms with Crippen molar-refractivity contribution in [2.45, 2.75) is 57.3 Å². The fourth-order valence-corrected chi connectivity index (χ4v) is 5.60. The number of hydrogen-bond acceptors (Lipinski definition) is 1. The Kier molecular flexibility index (Phi) is 6.55. The zero-order chi connectivity index (χ0) is 21.1. The van der Waals surface area contributed by atoms with E-state index >= 15 is 0 Å². The van der Waals surface area contributed by atoms with Gasteiger partial charge in [-0.3, -0.25) is 0 Å². The Morgan fingerprint density at radius 1 is 0.867 bits per heavy atom. The highest BCUT2D eigenvalue weighted by atomic mass is 19.2. The van der Waals surface area contributed by atoms with Crippen molar-refractivity contribution in [1.82, 2.24) is 0 Å². The van der Waals surface area contributed by atoms with Crippen LogP contribution in [0, 0.1) is 29.4 Å². The van der Waals surface area contributed by atoms with Gasteiger partial charge in [0.1, 0.15) is 6.61 Å². The molecule has 2 aliphatic rings. The highest BCUT2D eigenvalue weighted by Gasteiger charge is 2.31. The van der Waals surface area contributed by atoms with E-state index in [1.54, 1.807) is 6.07 Å². The fourth-order valence-electron chi connectivity index (χ4n) is 5.60. The van der Waals surface area contributed by atoms with E-state index in [2.05, 4.69) is 25.3 Å². The molecule has 2 fully saturated rings. The monoisotopic (exact) mass is 410 g/mol. The Morgan fingerprint density at radius 2 is 1.53 bits per heavy atom. The molecule has 3 heteroatoms. The van der Waals surface area contributed by atoms with E-state index in [-0.39, 0.29) is 12.4 Å². The van der Waals surface area contributed by atoms with E-state index in [1.165, 1.54) is 44.6 Å². The summed E-state index contributed by atoms with van der Waals surface area (Å²) in [7, 11) is 0. The first kappa shape index (κ1) is 21.1. The third kappa shape index (κ3) is 4.31. The summed E-state index contributed by atoms with van der Waals surface area (Å²) < 4.78 is 34.4. The van der Waals surface area contributed by atoms with E-state index in [9.17, 15) is 8.78 Å². The second-order valence-electron chi connectivity index (χ2n) is 9.11. The minimum absolute atomic E-state index is 0.0562. The standard InChI is InChI=1S/C27H32F2O/c1-3-15-30-25-17-23-14-13-22(16-24(23)26(28)27(25)29)21-11-9-20(10-12-21)19-7-5-18(4-2)6-8-19/h3-4,13-14,16-21H,1-2,5-12,15H2. The summed E-state index contributed by atoms with van der Waals surface area (Å²) in [6.45, 7) is 7.66. The maximum atomic E-state index is 14.7. The van der Waals surface area contributed by atoms with Gasteiger partial charge in [0.15, 0.2) is 11.6 Å². The summed E-state index contributed by atoms with van der Waals surface area (Å²) in [6, 6.07) is 7.41. The van der Waals surface area contributed by atoms with Crippen molar-refractivity contribution in [3.05, 3.63) is 66.8 Å². The van der Waals surface area contributed by atoms with Crippen molar-refractivity contribution >= 4 is 10.8 Å². The molecule has 2 aliphatic carbocycles. The largest absolute Gasteiger partial charge is 0.486 e. The molecule has 0 saturated heterocycles. The third-order valence-electron chi connectivity index (χ3n) is 7.43. The highest BCUT2D eigenvalue weighted by Crippen LogP contribution is 2.44. The summed E-state index contributed by atoms with van der Waals surface area (Å²) in [5.41, 5.74) is 1.13. The summed E-state index contributed by atoms with van der Waals surface area (Å²) in [4.78, 5) is 0. The summed E-state index contributed by atoms with van der Waals surface area (Å²) in [5.74, 6) is 1.05. The molecule has 30 heavy (non-hydrogen) atoms. The van der Waals surface area contributed by atoms with Crippen LogP contribution in [0.3, 0.4) is 0 Å². The third-order valence-corrected chi connectivity index (χ3v) is 7.43. The lowest BCUT2D eigenvalue weighted by Gasteiger charge is -2.37. The van der Waals surface area contributed by atoms with Crippen molar-refractivity contribution in [2.24, 2.45) is 17.8 Å². The van der Waals surface area contributed by atoms with Crippen molar-refractivity contribution < 1.29 is 13.5 Å². The molecular formula is C27H32F2O. The molecule has 0 bridgehead atoms. The van der Waals surface area contributed by atoms with Crippen LogP contribution < -0.4 is 4.74 Å². The number of allylic oxidation sites excluding steroid dienone is 1. The first-order valence-electron chi connectivity index (χ1n) is 11.4. The van der Waals surface area contributed by atoms with Gasteiger partial charge < -0.3 is 4.74 Å². The molecule has 4 rings (SSSR count). The Labute approximate surface area is 178 Å². The molecule has 0 N–H and O–H groups in total. The van der Waals surface area contributed by atoms with Gasteiger partial charge in [-0.1, -0.05) is 30.9 Å². The number of rotatable bonds is 6.